The Hall–Kier alpha value is -1.09. The van der Waals surface area contributed by atoms with E-state index in [1.807, 2.05) is 0 Å². The molecule has 0 aliphatic rings. The topological polar surface area (TPSA) is 37.3 Å². The molecule has 15 heavy (non-hydrogen) atoms. The third-order valence-corrected chi connectivity index (χ3v) is 2.75. The highest BCUT2D eigenvalue weighted by molar-refractivity contribution is 6.31. The van der Waals surface area contributed by atoms with Crippen LogP contribution in [0.5, 0.6) is 0 Å². The van der Waals surface area contributed by atoms with E-state index in [0.717, 1.165) is 0 Å². The van der Waals surface area contributed by atoms with Gasteiger partial charge in [0.15, 0.2) is 0 Å². The van der Waals surface area contributed by atoms with E-state index < -0.39 is 5.97 Å². The Morgan fingerprint density at radius 3 is 2.67 bits per heavy atom. The summed E-state index contributed by atoms with van der Waals surface area (Å²) in [6.07, 6.45) is 0.0892. The van der Waals surface area contributed by atoms with Crippen LogP contribution >= 0.6 is 11.6 Å². The van der Waals surface area contributed by atoms with Crippen LogP contribution in [0.4, 0.5) is 4.39 Å². The average molecular weight is 231 g/mol. The van der Waals surface area contributed by atoms with Gasteiger partial charge in [0.05, 0.1) is 0 Å². The van der Waals surface area contributed by atoms with Gasteiger partial charge in [-0.3, -0.25) is 4.79 Å². The molecular weight excluding hydrogens is 219 g/mol. The van der Waals surface area contributed by atoms with Crippen LogP contribution in [0.25, 0.3) is 0 Å². The minimum Gasteiger partial charge on any atom is -0.481 e. The van der Waals surface area contributed by atoms with Gasteiger partial charge in [-0.15, -0.1) is 0 Å². The molecule has 1 aromatic rings. The lowest BCUT2D eigenvalue weighted by molar-refractivity contribution is -0.136. The molecule has 0 aromatic heterocycles. The zero-order valence-electron chi connectivity index (χ0n) is 8.60. The van der Waals surface area contributed by atoms with Gasteiger partial charge in [0.1, 0.15) is 5.82 Å². The predicted octanol–water partition coefficient (Wildman–Crippen LogP) is 3.11. The zero-order chi connectivity index (χ0) is 11.6. The first-order chi connectivity index (χ1) is 6.93. The maximum Gasteiger partial charge on any atom is 0.303 e. The Morgan fingerprint density at radius 2 is 2.13 bits per heavy atom. The summed E-state index contributed by atoms with van der Waals surface area (Å²) >= 11 is 5.89. The first-order valence-electron chi connectivity index (χ1n) is 4.59. The van der Waals surface area contributed by atoms with Gasteiger partial charge in [-0.1, -0.05) is 11.6 Å². The van der Waals surface area contributed by atoms with Gasteiger partial charge in [0.2, 0.25) is 0 Å². The summed E-state index contributed by atoms with van der Waals surface area (Å²) in [4.78, 5) is 10.4. The molecule has 1 rings (SSSR count). The number of aliphatic carboxylic acids is 1. The van der Waals surface area contributed by atoms with Crippen molar-refractivity contribution in [1.82, 2.24) is 0 Å². The van der Waals surface area contributed by atoms with E-state index in [1.54, 1.807) is 19.9 Å². The molecule has 2 nitrogen and oxygen atoms in total. The van der Waals surface area contributed by atoms with E-state index in [2.05, 4.69) is 0 Å². The Morgan fingerprint density at radius 1 is 1.53 bits per heavy atom. The van der Waals surface area contributed by atoms with Crippen molar-refractivity contribution in [2.75, 3.05) is 0 Å². The molecule has 0 aliphatic carbocycles. The number of carboxylic acid groups (broad SMARTS) is 1. The molecule has 1 aromatic carbocycles. The number of aryl methyl sites for hydroxylation is 1. The summed E-state index contributed by atoms with van der Waals surface area (Å²) in [6, 6.07) is 1.55. The van der Waals surface area contributed by atoms with E-state index >= 15 is 0 Å². The van der Waals surface area contributed by atoms with Crippen LogP contribution in [-0.4, -0.2) is 11.1 Å². The Balaban J connectivity index is 3.09. The molecule has 4 heteroatoms. The normalized spacial score (nSPS) is 10.4. The van der Waals surface area contributed by atoms with Crippen molar-refractivity contribution in [1.29, 1.82) is 0 Å². The average Bonchev–Trinajstić information content (AvgIpc) is 2.14. The third-order valence-electron chi connectivity index (χ3n) is 2.35. The highest BCUT2D eigenvalue weighted by Gasteiger charge is 2.13. The summed E-state index contributed by atoms with van der Waals surface area (Å²) in [6.45, 7) is 3.31. The van der Waals surface area contributed by atoms with Crippen molar-refractivity contribution >= 4 is 17.6 Å². The van der Waals surface area contributed by atoms with Crippen molar-refractivity contribution in [2.24, 2.45) is 0 Å². The SMILES string of the molecule is Cc1cc(Cl)c(C)c(CCC(=O)O)c1F. The van der Waals surface area contributed by atoms with E-state index in [0.29, 0.717) is 21.7 Å². The molecule has 0 heterocycles. The first kappa shape index (κ1) is 12.0. The number of hydrogen-bond acceptors (Lipinski definition) is 1. The molecule has 1 N–H and O–H groups in total. The van der Waals surface area contributed by atoms with Gasteiger partial charge in [0.25, 0.3) is 0 Å². The lowest BCUT2D eigenvalue weighted by Crippen LogP contribution is -2.03. The minimum absolute atomic E-state index is 0.0858. The van der Waals surface area contributed by atoms with Crippen LogP contribution in [0.1, 0.15) is 23.1 Å². The molecule has 0 amide bonds. The minimum atomic E-state index is -0.938. The molecule has 82 valence electrons. The molecule has 0 unspecified atom stereocenters. The third kappa shape index (κ3) is 2.69. The van der Waals surface area contributed by atoms with Crippen LogP contribution in [0.15, 0.2) is 6.07 Å². The van der Waals surface area contributed by atoms with Crippen LogP contribution < -0.4 is 0 Å². The molecule has 0 bridgehead atoms. The maximum absolute atomic E-state index is 13.6. The fourth-order valence-corrected chi connectivity index (χ4v) is 1.72. The summed E-state index contributed by atoms with van der Waals surface area (Å²) in [5.41, 5.74) is 1.48. The lowest BCUT2D eigenvalue weighted by atomic mass is 10.0. The molecule has 0 radical (unpaired) electrons. The van der Waals surface area contributed by atoms with Gasteiger partial charge >= 0.3 is 5.97 Å². The molecule has 0 saturated heterocycles. The standard InChI is InChI=1S/C11H12ClFO2/c1-6-5-9(12)7(2)8(11(6)13)3-4-10(14)15/h5H,3-4H2,1-2H3,(H,14,15). The van der Waals surface area contributed by atoms with Gasteiger partial charge in [-0.05, 0) is 43.0 Å². The molecule has 0 fully saturated rings. The Labute approximate surface area is 92.7 Å². The van der Waals surface area contributed by atoms with Crippen LogP contribution in [0.3, 0.4) is 0 Å². The molecule has 0 aliphatic heterocycles. The fourth-order valence-electron chi connectivity index (χ4n) is 1.44. The lowest BCUT2D eigenvalue weighted by Gasteiger charge is -2.10. The number of rotatable bonds is 3. The quantitative estimate of drug-likeness (QED) is 0.866. The van der Waals surface area contributed by atoms with Crippen LogP contribution in [-0.2, 0) is 11.2 Å². The summed E-state index contributed by atoms with van der Waals surface area (Å²) in [5.74, 6) is -1.29. The summed E-state index contributed by atoms with van der Waals surface area (Å²) in [5, 5.41) is 9.02. The van der Waals surface area contributed by atoms with Crippen molar-refractivity contribution in [3.8, 4) is 0 Å². The van der Waals surface area contributed by atoms with Crippen molar-refractivity contribution in [3.05, 3.63) is 33.6 Å². The zero-order valence-corrected chi connectivity index (χ0v) is 9.36. The summed E-state index contributed by atoms with van der Waals surface area (Å²) in [7, 11) is 0. The van der Waals surface area contributed by atoms with Gasteiger partial charge < -0.3 is 5.11 Å². The van der Waals surface area contributed by atoms with Crippen molar-refractivity contribution in [2.45, 2.75) is 26.7 Å². The molecular formula is C11H12ClFO2. The molecule has 0 saturated carbocycles. The van der Waals surface area contributed by atoms with E-state index in [9.17, 15) is 9.18 Å². The van der Waals surface area contributed by atoms with Gasteiger partial charge in [-0.25, -0.2) is 4.39 Å². The first-order valence-corrected chi connectivity index (χ1v) is 4.97. The largest absolute Gasteiger partial charge is 0.481 e. The molecule has 0 atom stereocenters. The fraction of sp³-hybridized carbons (Fsp3) is 0.364. The number of carbonyl (C=O) groups is 1. The molecule has 0 spiro atoms. The van der Waals surface area contributed by atoms with Gasteiger partial charge in [-0.2, -0.15) is 0 Å². The van der Waals surface area contributed by atoms with Crippen LogP contribution in [0.2, 0.25) is 5.02 Å². The van der Waals surface area contributed by atoms with Crippen molar-refractivity contribution < 1.29 is 14.3 Å². The highest BCUT2D eigenvalue weighted by Crippen LogP contribution is 2.25. The monoisotopic (exact) mass is 230 g/mol. The Bertz CT molecular complexity index is 376. The number of halogens is 2. The summed E-state index contributed by atoms with van der Waals surface area (Å²) < 4.78 is 13.6. The van der Waals surface area contributed by atoms with E-state index in [1.165, 1.54) is 0 Å². The second-order valence-electron chi connectivity index (χ2n) is 3.49. The highest BCUT2D eigenvalue weighted by atomic mass is 35.5. The van der Waals surface area contributed by atoms with E-state index in [4.69, 9.17) is 16.7 Å². The van der Waals surface area contributed by atoms with Gasteiger partial charge in [0, 0.05) is 11.4 Å². The predicted molar refractivity (Wildman–Crippen MR) is 56.8 cm³/mol. The smallest absolute Gasteiger partial charge is 0.303 e. The number of hydrogen-bond donors (Lipinski definition) is 1. The van der Waals surface area contributed by atoms with Crippen molar-refractivity contribution in [3.63, 3.8) is 0 Å². The van der Waals surface area contributed by atoms with Crippen LogP contribution in [0, 0.1) is 19.7 Å². The second kappa shape index (κ2) is 4.62. The second-order valence-corrected chi connectivity index (χ2v) is 3.89. The van der Waals surface area contributed by atoms with E-state index in [-0.39, 0.29) is 18.7 Å². The number of carboxylic acids is 1. The Kier molecular flexibility index (Phi) is 3.69. The maximum atomic E-state index is 13.6. The number of benzene rings is 1.